The molecule has 0 heterocycles. The number of hydrogen-bond donors (Lipinski definition) is 2. The summed E-state index contributed by atoms with van der Waals surface area (Å²) < 4.78 is 77.5. The van der Waals surface area contributed by atoms with Gasteiger partial charge in [-0.05, 0) is 74.1 Å². The van der Waals surface area contributed by atoms with E-state index in [1.807, 2.05) is 6.07 Å². The number of ether oxygens (including phenoxy) is 2. The zero-order chi connectivity index (χ0) is 39.5. The van der Waals surface area contributed by atoms with E-state index in [2.05, 4.69) is 10.2 Å². The van der Waals surface area contributed by atoms with Crippen LogP contribution >= 0.6 is 0 Å². The van der Waals surface area contributed by atoms with Gasteiger partial charge in [0.2, 0.25) is 0 Å². The van der Waals surface area contributed by atoms with Crippen molar-refractivity contribution in [2.75, 3.05) is 19.8 Å². The van der Waals surface area contributed by atoms with E-state index in [1.165, 1.54) is 24.3 Å². The fraction of sp³-hybridized carbons (Fsp3) is 0.583. The number of hydrogen-bond acceptors (Lipinski definition) is 8. The Morgan fingerprint density at radius 3 is 1.87 bits per heavy atom. The van der Waals surface area contributed by atoms with Crippen molar-refractivity contribution in [2.24, 2.45) is 16.1 Å². The molecule has 0 saturated carbocycles. The summed E-state index contributed by atoms with van der Waals surface area (Å²) in [6.07, 6.45) is -0.334. The first-order valence-electron chi connectivity index (χ1n) is 19.6. The summed E-state index contributed by atoms with van der Waals surface area (Å²) in [5.74, 6) is -2.84. The number of carboxylic acid groups (broad SMARTS) is 1. The highest BCUT2D eigenvalue weighted by Gasteiger charge is 2.11. The summed E-state index contributed by atoms with van der Waals surface area (Å²) >= 11 is 0. The van der Waals surface area contributed by atoms with Crippen molar-refractivity contribution in [1.82, 2.24) is 0 Å². The lowest BCUT2D eigenvalue weighted by Gasteiger charge is -2.14. The number of nitrogens with zero attached hydrogens (tertiary/aromatic N) is 3. The quantitative estimate of drug-likeness (QED) is 0.0600. The number of esters is 1. The molecule has 45 heavy (non-hydrogen) atoms. The maximum atomic E-state index is 12.3. The molecule has 9 nitrogen and oxygen atoms in total. The molecule has 1 unspecified atom stereocenters. The Morgan fingerprint density at radius 2 is 1.31 bits per heavy atom. The maximum absolute atomic E-state index is 12.3. The topological polar surface area (TPSA) is 142 Å². The van der Waals surface area contributed by atoms with Crippen molar-refractivity contribution in [3.8, 4) is 11.8 Å². The first kappa shape index (κ1) is 26.4. The first-order chi connectivity index (χ1) is 24.9. The summed E-state index contributed by atoms with van der Waals surface area (Å²) in [4.78, 5) is 22.8. The average Bonchev–Trinajstić information content (AvgIpc) is 3.11. The van der Waals surface area contributed by atoms with Gasteiger partial charge >= 0.3 is 11.9 Å². The van der Waals surface area contributed by atoms with Gasteiger partial charge in [-0.15, -0.1) is 0 Å². The Morgan fingerprint density at radius 1 is 0.778 bits per heavy atom. The number of carbonyl (C=O) groups excluding carboxylic acids is 1. The molecular weight excluding hydrogens is 570 g/mol. The molecule has 246 valence electrons. The van der Waals surface area contributed by atoms with Crippen molar-refractivity contribution in [1.29, 1.82) is 5.26 Å². The SMILES string of the molecule is [2H]C([2H])(CCC([2H])([2H])C([2H])([2H])C(CO)COC(=O)CCCCCCCCCCCCC(=O)O)C([2H])([2H])Oc1ccc(N=Nc2ccc(C#N)cc2)cc1. The zero-order valence-electron chi connectivity index (χ0n) is 33.9. The Bertz CT molecular complexity index is 1490. The van der Waals surface area contributed by atoms with Crippen LogP contribution < -0.4 is 4.74 Å². The van der Waals surface area contributed by atoms with Crippen LogP contribution in [-0.2, 0) is 14.3 Å². The number of aliphatic hydroxyl groups excluding tert-OH is 1. The third kappa shape index (κ3) is 19.3. The third-order valence-corrected chi connectivity index (χ3v) is 6.72. The minimum Gasteiger partial charge on any atom is -0.494 e. The molecule has 9 heteroatoms. The number of nitriles is 1. The molecule has 1 atom stereocenters. The van der Waals surface area contributed by atoms with Crippen LogP contribution in [0, 0.1) is 17.2 Å². The van der Waals surface area contributed by atoms with Gasteiger partial charge in [-0.1, -0.05) is 70.6 Å². The molecule has 0 aliphatic rings. The molecule has 0 radical (unpaired) electrons. The maximum Gasteiger partial charge on any atom is 0.305 e. The molecule has 0 amide bonds. The molecule has 2 aromatic carbocycles. The molecule has 0 aliphatic heterocycles. The summed E-state index contributed by atoms with van der Waals surface area (Å²) in [6.45, 7) is -4.36. The molecule has 2 aromatic rings. The Kier molecular flexibility index (Phi) is 14.4. The van der Waals surface area contributed by atoms with Gasteiger partial charge in [0.15, 0.2) is 0 Å². The second-order valence-corrected chi connectivity index (χ2v) is 10.5. The largest absolute Gasteiger partial charge is 0.494 e. The van der Waals surface area contributed by atoms with Crippen LogP contribution in [0.1, 0.15) is 126 Å². The molecule has 2 rings (SSSR count). The van der Waals surface area contributed by atoms with Gasteiger partial charge in [0.25, 0.3) is 0 Å². The third-order valence-electron chi connectivity index (χ3n) is 6.72. The zero-order valence-corrected chi connectivity index (χ0v) is 25.9. The monoisotopic (exact) mass is 629 g/mol. The number of azo groups is 1. The number of carboxylic acids is 1. The molecule has 0 aliphatic carbocycles. The predicted molar refractivity (Wildman–Crippen MR) is 175 cm³/mol. The fourth-order valence-electron chi connectivity index (χ4n) is 4.15. The fourth-order valence-corrected chi connectivity index (χ4v) is 4.15. The van der Waals surface area contributed by atoms with E-state index in [1.54, 1.807) is 24.3 Å². The highest BCUT2D eigenvalue weighted by molar-refractivity contribution is 5.69. The number of rotatable bonds is 26. The van der Waals surface area contributed by atoms with Crippen molar-refractivity contribution >= 4 is 23.3 Å². The van der Waals surface area contributed by atoms with E-state index >= 15 is 0 Å². The summed E-state index contributed by atoms with van der Waals surface area (Å²) in [5, 5.41) is 35.6. The van der Waals surface area contributed by atoms with Crippen LogP contribution in [0.4, 0.5) is 11.4 Å². The number of unbranched alkanes of at least 4 members (excludes halogenated alkanes) is 9. The lowest BCUT2D eigenvalue weighted by Crippen LogP contribution is -2.17. The smallest absolute Gasteiger partial charge is 0.305 e. The molecule has 0 fully saturated rings. The molecular formula is C36H51N3O6. The van der Waals surface area contributed by atoms with Crippen molar-refractivity contribution in [2.45, 2.75) is 109 Å². The molecule has 0 bridgehead atoms. The highest BCUT2D eigenvalue weighted by Crippen LogP contribution is 2.22. The first-order valence-corrected chi connectivity index (χ1v) is 15.6. The van der Waals surface area contributed by atoms with Crippen LogP contribution in [0.25, 0.3) is 0 Å². The molecule has 0 saturated heterocycles. The van der Waals surface area contributed by atoms with Crippen LogP contribution in [-0.4, -0.2) is 41.9 Å². The van der Waals surface area contributed by atoms with E-state index in [4.69, 9.17) is 30.8 Å². The van der Waals surface area contributed by atoms with E-state index in [9.17, 15) is 14.7 Å². The Hall–Kier alpha value is -3.77. The average molecular weight is 630 g/mol. The summed E-state index contributed by atoms with van der Waals surface area (Å²) in [5.41, 5.74) is 1.38. The number of benzene rings is 2. The van der Waals surface area contributed by atoms with Gasteiger partial charge in [-0.25, -0.2) is 0 Å². The van der Waals surface area contributed by atoms with E-state index < -0.39 is 69.6 Å². The normalized spacial score (nSPS) is 15.6. The number of carbonyl (C=O) groups is 2. The lowest BCUT2D eigenvalue weighted by atomic mass is 10.0. The minimum absolute atomic E-state index is 0.0324. The van der Waals surface area contributed by atoms with Crippen molar-refractivity contribution < 1.29 is 40.2 Å². The van der Waals surface area contributed by atoms with Gasteiger partial charge in [0.05, 0.1) is 38.9 Å². The summed E-state index contributed by atoms with van der Waals surface area (Å²) in [7, 11) is 0. The Labute approximate surface area is 279 Å². The van der Waals surface area contributed by atoms with Crippen LogP contribution in [0.2, 0.25) is 0 Å². The molecule has 0 aromatic heterocycles. The predicted octanol–water partition coefficient (Wildman–Crippen LogP) is 9.22. The van der Waals surface area contributed by atoms with Gasteiger partial charge in [0.1, 0.15) is 5.75 Å². The van der Waals surface area contributed by atoms with E-state index in [0.29, 0.717) is 29.8 Å². The van der Waals surface area contributed by atoms with Gasteiger partial charge in [-0.3, -0.25) is 9.59 Å². The van der Waals surface area contributed by atoms with Crippen LogP contribution in [0.5, 0.6) is 5.75 Å². The van der Waals surface area contributed by atoms with Crippen LogP contribution in [0.3, 0.4) is 0 Å². The highest BCUT2D eigenvalue weighted by atomic mass is 16.5. The van der Waals surface area contributed by atoms with E-state index in [-0.39, 0.29) is 18.6 Å². The number of aliphatic hydroxyl groups is 1. The van der Waals surface area contributed by atoms with Crippen molar-refractivity contribution in [3.63, 3.8) is 0 Å². The Balaban J connectivity index is 1.79. The summed E-state index contributed by atoms with van der Waals surface area (Å²) in [6, 6.07) is 14.1. The van der Waals surface area contributed by atoms with Gasteiger partial charge in [0, 0.05) is 33.6 Å². The molecule has 0 spiro atoms. The second kappa shape index (κ2) is 24.5. The van der Waals surface area contributed by atoms with Gasteiger partial charge in [-0.2, -0.15) is 15.5 Å². The lowest BCUT2D eigenvalue weighted by molar-refractivity contribution is -0.145. The van der Waals surface area contributed by atoms with E-state index in [0.717, 1.165) is 51.4 Å². The number of aliphatic carboxylic acids is 1. The minimum atomic E-state index is -2.95. The molecule has 2 N–H and O–H groups in total. The van der Waals surface area contributed by atoms with Gasteiger partial charge < -0.3 is 19.7 Å². The standard InChI is InChI=1S/C36H51N3O6/c37-27-30-18-20-32(21-19-30)38-39-33-22-24-34(25-23-33)44-26-14-10-9-11-15-31(28-40)29-45-36(43)17-13-8-6-4-2-1-3-5-7-12-16-35(41)42/h18-25,31,40H,1-17,26,28-29H2,(H,41,42)/i11D2,14D2,15D2,26D2. The van der Waals surface area contributed by atoms with Crippen molar-refractivity contribution in [3.05, 3.63) is 54.1 Å². The second-order valence-electron chi connectivity index (χ2n) is 10.5. The van der Waals surface area contributed by atoms with Crippen LogP contribution in [0.15, 0.2) is 58.8 Å².